The van der Waals surface area contributed by atoms with E-state index < -0.39 is 0 Å². The van der Waals surface area contributed by atoms with E-state index >= 15 is 0 Å². The Kier molecular flexibility index (Phi) is 4.56. The van der Waals surface area contributed by atoms with Crippen LogP contribution in [0.2, 0.25) is 0 Å². The Bertz CT molecular complexity index is 542. The second kappa shape index (κ2) is 5.97. The predicted octanol–water partition coefficient (Wildman–Crippen LogP) is 5.10. The normalized spacial score (nSPS) is 12.4. The van der Waals surface area contributed by atoms with E-state index in [1.807, 2.05) is 23.6 Å². The molecule has 1 atom stereocenters. The molecule has 0 spiro atoms. The van der Waals surface area contributed by atoms with Crippen LogP contribution in [-0.2, 0) is 0 Å². The molecule has 3 heteroatoms. The van der Waals surface area contributed by atoms with Crippen molar-refractivity contribution in [2.45, 2.75) is 26.2 Å². The Morgan fingerprint density at radius 2 is 1.94 bits per heavy atom. The number of hydrogen-bond acceptors (Lipinski definition) is 2. The molecule has 0 bridgehead atoms. The van der Waals surface area contributed by atoms with E-state index in [-0.39, 0.29) is 5.78 Å². The highest BCUT2D eigenvalue weighted by molar-refractivity contribution is 14.1. The molecule has 0 aliphatic rings. The number of hydrogen-bond donors (Lipinski definition) is 0. The topological polar surface area (TPSA) is 17.1 Å². The lowest BCUT2D eigenvalue weighted by Crippen LogP contribution is -2.00. The van der Waals surface area contributed by atoms with Crippen molar-refractivity contribution in [3.05, 3.63) is 55.3 Å². The summed E-state index contributed by atoms with van der Waals surface area (Å²) in [5, 5.41) is 1.92. The highest BCUT2D eigenvalue weighted by Gasteiger charge is 2.11. The summed E-state index contributed by atoms with van der Waals surface area (Å²) in [5.41, 5.74) is 2.87. The summed E-state index contributed by atoms with van der Waals surface area (Å²) in [6.45, 7) is 4.38. The van der Waals surface area contributed by atoms with E-state index in [4.69, 9.17) is 0 Å². The van der Waals surface area contributed by atoms with Gasteiger partial charge in [-0.05, 0) is 46.6 Å². The van der Waals surface area contributed by atoms with E-state index in [9.17, 15) is 4.79 Å². The average molecular weight is 370 g/mol. The molecule has 1 heterocycles. The molecule has 0 aliphatic heterocycles. The standard InChI is InChI=1S/C15H15IOS/c1-3-10(2)11-4-6-12(7-5-11)15(17)13-8-14(16)18-9-13/h4-10H,3H2,1-2H3. The van der Waals surface area contributed by atoms with Gasteiger partial charge in [0.25, 0.3) is 0 Å². The van der Waals surface area contributed by atoms with Gasteiger partial charge in [0.1, 0.15) is 0 Å². The number of carbonyl (C=O) groups is 1. The summed E-state index contributed by atoms with van der Waals surface area (Å²) in [6.07, 6.45) is 1.12. The Balaban J connectivity index is 2.22. The third kappa shape index (κ3) is 3.01. The number of carbonyl (C=O) groups excluding carboxylic acids is 1. The first-order valence-corrected chi connectivity index (χ1v) is 7.96. The Labute approximate surface area is 125 Å². The zero-order chi connectivity index (χ0) is 13.1. The van der Waals surface area contributed by atoms with Crippen LogP contribution >= 0.6 is 33.9 Å². The monoisotopic (exact) mass is 370 g/mol. The molecular formula is C15H15IOS. The molecule has 0 N–H and O–H groups in total. The number of ketones is 1. The van der Waals surface area contributed by atoms with Crippen molar-refractivity contribution in [1.82, 2.24) is 0 Å². The highest BCUT2D eigenvalue weighted by atomic mass is 127. The van der Waals surface area contributed by atoms with E-state index in [1.165, 1.54) is 5.56 Å². The molecular weight excluding hydrogens is 355 g/mol. The summed E-state index contributed by atoms with van der Waals surface area (Å²) in [5.74, 6) is 0.668. The fourth-order valence-corrected chi connectivity index (χ4v) is 3.12. The zero-order valence-electron chi connectivity index (χ0n) is 10.4. The molecule has 94 valence electrons. The Morgan fingerprint density at radius 3 is 2.44 bits per heavy atom. The second-order valence-corrected chi connectivity index (χ2v) is 7.21. The SMILES string of the molecule is CCC(C)c1ccc(C(=O)c2csc(I)c2)cc1. The average Bonchev–Trinajstić information content (AvgIpc) is 2.84. The highest BCUT2D eigenvalue weighted by Crippen LogP contribution is 2.22. The van der Waals surface area contributed by atoms with E-state index in [2.05, 4.69) is 48.6 Å². The number of halogens is 1. The van der Waals surface area contributed by atoms with Crippen molar-refractivity contribution in [2.75, 3.05) is 0 Å². The van der Waals surface area contributed by atoms with Crippen LogP contribution in [0.4, 0.5) is 0 Å². The number of benzene rings is 1. The lowest BCUT2D eigenvalue weighted by Gasteiger charge is -2.09. The van der Waals surface area contributed by atoms with E-state index in [0.717, 1.165) is 20.4 Å². The van der Waals surface area contributed by atoms with E-state index in [0.29, 0.717) is 5.92 Å². The minimum absolute atomic E-state index is 0.116. The van der Waals surface area contributed by atoms with Gasteiger partial charge in [0.05, 0.1) is 2.88 Å². The molecule has 1 aromatic carbocycles. The molecule has 2 rings (SSSR count). The first-order chi connectivity index (χ1) is 8.61. The quantitative estimate of drug-likeness (QED) is 0.541. The third-order valence-electron chi connectivity index (χ3n) is 3.18. The van der Waals surface area contributed by atoms with Crippen molar-refractivity contribution < 1.29 is 4.79 Å². The summed E-state index contributed by atoms with van der Waals surface area (Å²) in [7, 11) is 0. The summed E-state index contributed by atoms with van der Waals surface area (Å²) in [4.78, 5) is 12.2. The molecule has 0 fully saturated rings. The van der Waals surface area contributed by atoms with Gasteiger partial charge in [-0.2, -0.15) is 0 Å². The molecule has 0 amide bonds. The van der Waals surface area contributed by atoms with Gasteiger partial charge in [-0.3, -0.25) is 4.79 Å². The van der Waals surface area contributed by atoms with Gasteiger partial charge in [0.15, 0.2) is 5.78 Å². The van der Waals surface area contributed by atoms with Crippen LogP contribution in [0, 0.1) is 2.88 Å². The Hall–Kier alpha value is -0.680. The summed E-state index contributed by atoms with van der Waals surface area (Å²) in [6, 6.07) is 9.95. The second-order valence-electron chi connectivity index (χ2n) is 4.40. The molecule has 0 radical (unpaired) electrons. The summed E-state index contributed by atoms with van der Waals surface area (Å²) >= 11 is 3.84. The number of thiophene rings is 1. The smallest absolute Gasteiger partial charge is 0.193 e. The maximum absolute atomic E-state index is 12.2. The summed E-state index contributed by atoms with van der Waals surface area (Å²) < 4.78 is 1.15. The van der Waals surface area contributed by atoms with Gasteiger partial charge in [-0.15, -0.1) is 11.3 Å². The number of rotatable bonds is 4. The molecule has 1 aromatic heterocycles. The van der Waals surface area contributed by atoms with Crippen LogP contribution in [-0.4, -0.2) is 5.78 Å². The van der Waals surface area contributed by atoms with Crippen molar-refractivity contribution in [1.29, 1.82) is 0 Å². The lowest BCUT2D eigenvalue weighted by molar-refractivity contribution is 0.103. The predicted molar refractivity (Wildman–Crippen MR) is 85.6 cm³/mol. The minimum atomic E-state index is 0.116. The van der Waals surface area contributed by atoms with Gasteiger partial charge < -0.3 is 0 Å². The molecule has 0 saturated heterocycles. The van der Waals surface area contributed by atoms with Crippen molar-refractivity contribution >= 4 is 39.7 Å². The van der Waals surface area contributed by atoms with Crippen molar-refractivity contribution in [3.63, 3.8) is 0 Å². The van der Waals surface area contributed by atoms with Crippen LogP contribution in [0.15, 0.2) is 35.7 Å². The molecule has 1 unspecified atom stereocenters. The maximum Gasteiger partial charge on any atom is 0.193 e. The van der Waals surface area contributed by atoms with Crippen LogP contribution in [0.25, 0.3) is 0 Å². The van der Waals surface area contributed by atoms with Crippen LogP contribution in [0.1, 0.15) is 47.7 Å². The largest absolute Gasteiger partial charge is 0.289 e. The van der Waals surface area contributed by atoms with Crippen molar-refractivity contribution in [3.8, 4) is 0 Å². The minimum Gasteiger partial charge on any atom is -0.289 e. The Morgan fingerprint density at radius 1 is 1.28 bits per heavy atom. The maximum atomic E-state index is 12.2. The molecule has 1 nitrogen and oxygen atoms in total. The third-order valence-corrected chi connectivity index (χ3v) is 4.97. The first kappa shape index (κ1) is 13.7. The molecule has 18 heavy (non-hydrogen) atoms. The van der Waals surface area contributed by atoms with Gasteiger partial charge in [-0.1, -0.05) is 38.1 Å². The lowest BCUT2D eigenvalue weighted by atomic mass is 9.96. The molecule has 2 aromatic rings. The van der Waals surface area contributed by atoms with E-state index in [1.54, 1.807) is 11.3 Å². The van der Waals surface area contributed by atoms with Crippen molar-refractivity contribution in [2.24, 2.45) is 0 Å². The van der Waals surface area contributed by atoms with Gasteiger partial charge in [0.2, 0.25) is 0 Å². The van der Waals surface area contributed by atoms with Gasteiger partial charge >= 0.3 is 0 Å². The zero-order valence-corrected chi connectivity index (χ0v) is 13.4. The molecule has 0 aliphatic carbocycles. The van der Waals surface area contributed by atoms with Crippen LogP contribution < -0.4 is 0 Å². The van der Waals surface area contributed by atoms with Gasteiger partial charge in [0, 0.05) is 16.5 Å². The van der Waals surface area contributed by atoms with Crippen LogP contribution in [0.3, 0.4) is 0 Å². The molecule has 0 saturated carbocycles. The first-order valence-electron chi connectivity index (χ1n) is 6.00. The van der Waals surface area contributed by atoms with Crippen LogP contribution in [0.5, 0.6) is 0 Å². The van der Waals surface area contributed by atoms with Gasteiger partial charge in [-0.25, -0.2) is 0 Å². The fourth-order valence-electron chi connectivity index (χ4n) is 1.79. The fraction of sp³-hybridized carbons (Fsp3) is 0.267.